The Bertz CT molecular complexity index is 753. The van der Waals surface area contributed by atoms with Gasteiger partial charge in [-0.1, -0.05) is 74.5 Å². The summed E-state index contributed by atoms with van der Waals surface area (Å²) in [6.07, 6.45) is 1.73. The van der Waals surface area contributed by atoms with Crippen molar-refractivity contribution in [2.75, 3.05) is 5.75 Å². The molecule has 3 rings (SSSR count). The quantitative estimate of drug-likeness (QED) is 0.510. The Labute approximate surface area is 165 Å². The van der Waals surface area contributed by atoms with Gasteiger partial charge in [0.15, 0.2) is 11.0 Å². The second-order valence-electron chi connectivity index (χ2n) is 7.51. The Kier molecular flexibility index (Phi) is 6.38. The SMILES string of the molecule is CC(C)CC1(c2ccccc2)CC(=O)C(SCCc2ccccc2)C(=O)O1. The second-order valence-corrected chi connectivity index (χ2v) is 8.72. The van der Waals surface area contributed by atoms with Crippen molar-refractivity contribution in [3.63, 3.8) is 0 Å². The highest BCUT2D eigenvalue weighted by molar-refractivity contribution is 8.01. The number of ketones is 1. The van der Waals surface area contributed by atoms with E-state index in [1.54, 1.807) is 0 Å². The standard InChI is InChI=1S/C23H26O3S/c1-17(2)15-23(19-11-7-4-8-12-19)16-20(24)21(22(25)26-23)27-14-13-18-9-5-3-6-10-18/h3-12,17,21H,13-16H2,1-2H3. The molecule has 0 amide bonds. The van der Waals surface area contributed by atoms with E-state index in [0.29, 0.717) is 12.3 Å². The molecular weight excluding hydrogens is 356 g/mol. The molecule has 0 bridgehead atoms. The Morgan fingerprint density at radius 2 is 1.67 bits per heavy atom. The molecule has 0 N–H and O–H groups in total. The molecule has 3 nitrogen and oxygen atoms in total. The Morgan fingerprint density at radius 3 is 2.26 bits per heavy atom. The lowest BCUT2D eigenvalue weighted by Crippen LogP contribution is -2.48. The highest BCUT2D eigenvalue weighted by atomic mass is 32.2. The van der Waals surface area contributed by atoms with Crippen molar-refractivity contribution in [2.24, 2.45) is 5.92 Å². The summed E-state index contributed by atoms with van der Waals surface area (Å²) in [4.78, 5) is 25.6. The van der Waals surface area contributed by atoms with Crippen molar-refractivity contribution in [3.8, 4) is 0 Å². The second kappa shape index (κ2) is 8.75. The number of hydrogen-bond acceptors (Lipinski definition) is 4. The predicted octanol–water partition coefficient (Wildman–Crippen LogP) is 4.79. The van der Waals surface area contributed by atoms with Gasteiger partial charge in [-0.3, -0.25) is 9.59 Å². The lowest BCUT2D eigenvalue weighted by molar-refractivity contribution is -0.173. The van der Waals surface area contributed by atoms with E-state index < -0.39 is 16.8 Å². The molecule has 2 aromatic rings. The van der Waals surface area contributed by atoms with Crippen molar-refractivity contribution in [1.29, 1.82) is 0 Å². The summed E-state index contributed by atoms with van der Waals surface area (Å²) in [7, 11) is 0. The zero-order valence-electron chi connectivity index (χ0n) is 15.9. The lowest BCUT2D eigenvalue weighted by atomic mass is 9.79. The maximum absolute atomic E-state index is 12.9. The molecular formula is C23H26O3S. The van der Waals surface area contributed by atoms with Crippen LogP contribution in [0.15, 0.2) is 60.7 Å². The molecule has 1 fully saturated rings. The third-order valence-electron chi connectivity index (χ3n) is 4.82. The summed E-state index contributed by atoms with van der Waals surface area (Å²) in [5.41, 5.74) is 1.29. The lowest BCUT2D eigenvalue weighted by Gasteiger charge is -2.40. The molecule has 2 aromatic carbocycles. The molecule has 0 spiro atoms. The van der Waals surface area contributed by atoms with Gasteiger partial charge in [0.1, 0.15) is 5.60 Å². The maximum Gasteiger partial charge on any atom is 0.327 e. The van der Waals surface area contributed by atoms with Gasteiger partial charge in [0.05, 0.1) is 6.42 Å². The van der Waals surface area contributed by atoms with Crippen LogP contribution in [-0.2, 0) is 26.3 Å². The van der Waals surface area contributed by atoms with Crippen LogP contribution < -0.4 is 0 Å². The van der Waals surface area contributed by atoms with Crippen LogP contribution in [0.4, 0.5) is 0 Å². The zero-order chi connectivity index (χ0) is 19.3. The van der Waals surface area contributed by atoms with Crippen molar-refractivity contribution >= 4 is 23.5 Å². The molecule has 2 atom stereocenters. The van der Waals surface area contributed by atoms with Crippen molar-refractivity contribution in [3.05, 3.63) is 71.8 Å². The first-order valence-electron chi connectivity index (χ1n) is 9.47. The fourth-order valence-electron chi connectivity index (χ4n) is 3.68. The van der Waals surface area contributed by atoms with E-state index in [0.717, 1.165) is 17.7 Å². The Balaban J connectivity index is 1.70. The minimum Gasteiger partial charge on any atom is -0.453 e. The number of ether oxygens (including phenoxy) is 1. The average molecular weight is 383 g/mol. The molecule has 0 saturated carbocycles. The smallest absolute Gasteiger partial charge is 0.327 e. The fraction of sp³-hybridized carbons (Fsp3) is 0.391. The summed E-state index contributed by atoms with van der Waals surface area (Å²) < 4.78 is 5.98. The summed E-state index contributed by atoms with van der Waals surface area (Å²) in [5, 5.41) is -0.710. The van der Waals surface area contributed by atoms with Crippen LogP contribution in [0.2, 0.25) is 0 Å². The van der Waals surface area contributed by atoms with E-state index in [1.165, 1.54) is 17.3 Å². The normalized spacial score (nSPS) is 22.7. The predicted molar refractivity (Wildman–Crippen MR) is 110 cm³/mol. The molecule has 142 valence electrons. The van der Waals surface area contributed by atoms with E-state index in [2.05, 4.69) is 26.0 Å². The van der Waals surface area contributed by atoms with Gasteiger partial charge in [-0.05, 0) is 35.6 Å². The Hall–Kier alpha value is -2.07. The number of benzene rings is 2. The number of rotatable bonds is 7. The van der Waals surface area contributed by atoms with E-state index in [9.17, 15) is 9.59 Å². The molecule has 0 aromatic heterocycles. The van der Waals surface area contributed by atoms with Crippen LogP contribution >= 0.6 is 11.8 Å². The van der Waals surface area contributed by atoms with Gasteiger partial charge in [0, 0.05) is 0 Å². The Morgan fingerprint density at radius 1 is 1.04 bits per heavy atom. The molecule has 0 aliphatic carbocycles. The third kappa shape index (κ3) is 4.81. The number of esters is 1. The van der Waals surface area contributed by atoms with Crippen LogP contribution in [0.5, 0.6) is 0 Å². The zero-order valence-corrected chi connectivity index (χ0v) is 16.7. The number of carbonyl (C=O) groups is 2. The highest BCUT2D eigenvalue weighted by Crippen LogP contribution is 2.41. The first-order chi connectivity index (χ1) is 13.0. The highest BCUT2D eigenvalue weighted by Gasteiger charge is 2.48. The molecule has 1 saturated heterocycles. The number of hydrogen-bond donors (Lipinski definition) is 0. The molecule has 2 unspecified atom stereocenters. The topological polar surface area (TPSA) is 43.4 Å². The molecule has 27 heavy (non-hydrogen) atoms. The number of thioether (sulfide) groups is 1. The van der Waals surface area contributed by atoms with Gasteiger partial charge in [0.25, 0.3) is 0 Å². The van der Waals surface area contributed by atoms with Crippen molar-refractivity contribution in [1.82, 2.24) is 0 Å². The minimum absolute atomic E-state index is 0.0196. The van der Waals surface area contributed by atoms with Crippen LogP contribution in [-0.4, -0.2) is 22.8 Å². The minimum atomic E-state index is -0.833. The number of carbonyl (C=O) groups excluding carboxylic acids is 2. The van der Waals surface area contributed by atoms with Crippen LogP contribution in [0.1, 0.15) is 37.8 Å². The molecule has 1 heterocycles. The molecule has 4 heteroatoms. The van der Waals surface area contributed by atoms with Crippen LogP contribution in [0.3, 0.4) is 0 Å². The first-order valence-corrected chi connectivity index (χ1v) is 10.5. The van der Waals surface area contributed by atoms with Crippen molar-refractivity contribution < 1.29 is 14.3 Å². The van der Waals surface area contributed by atoms with Gasteiger partial charge < -0.3 is 4.74 Å². The summed E-state index contributed by atoms with van der Waals surface area (Å²) >= 11 is 1.40. The molecule has 1 aliphatic heterocycles. The summed E-state index contributed by atoms with van der Waals surface area (Å²) in [6.45, 7) is 4.17. The summed E-state index contributed by atoms with van der Waals surface area (Å²) in [6, 6.07) is 19.8. The van der Waals surface area contributed by atoms with E-state index in [-0.39, 0.29) is 12.2 Å². The number of aryl methyl sites for hydroxylation is 1. The molecule has 0 radical (unpaired) electrons. The van der Waals surface area contributed by atoms with Gasteiger partial charge in [0.2, 0.25) is 0 Å². The van der Waals surface area contributed by atoms with Gasteiger partial charge in [-0.25, -0.2) is 0 Å². The third-order valence-corrected chi connectivity index (χ3v) is 6.05. The van der Waals surface area contributed by atoms with Gasteiger partial charge in [-0.15, -0.1) is 11.8 Å². The monoisotopic (exact) mass is 382 g/mol. The number of Topliss-reactive ketones (excluding diaryl/α,β-unsaturated/α-hetero) is 1. The summed E-state index contributed by atoms with van der Waals surface area (Å²) in [5.74, 6) is 0.619. The van der Waals surface area contributed by atoms with E-state index >= 15 is 0 Å². The average Bonchev–Trinajstić information content (AvgIpc) is 2.65. The largest absolute Gasteiger partial charge is 0.453 e. The van der Waals surface area contributed by atoms with Crippen LogP contribution in [0, 0.1) is 5.92 Å². The number of cyclic esters (lactones) is 1. The van der Waals surface area contributed by atoms with Gasteiger partial charge in [-0.2, -0.15) is 0 Å². The fourth-order valence-corrected chi connectivity index (χ4v) is 4.72. The van der Waals surface area contributed by atoms with Crippen molar-refractivity contribution in [2.45, 2.75) is 44.0 Å². The van der Waals surface area contributed by atoms with E-state index in [1.807, 2.05) is 48.5 Å². The molecule has 1 aliphatic rings. The first kappa shape index (κ1) is 19.7. The van der Waals surface area contributed by atoms with Gasteiger partial charge >= 0.3 is 5.97 Å². The van der Waals surface area contributed by atoms with Crippen LogP contribution in [0.25, 0.3) is 0 Å². The maximum atomic E-state index is 12.9. The van der Waals surface area contributed by atoms with E-state index in [4.69, 9.17) is 4.74 Å².